The Balaban J connectivity index is 1.31. The Morgan fingerprint density at radius 3 is 2.38 bits per heavy atom. The van der Waals surface area contributed by atoms with Crippen molar-refractivity contribution in [2.75, 3.05) is 26.2 Å². The fraction of sp³-hybridized carbons (Fsp3) is 0.591. The van der Waals surface area contributed by atoms with Crippen molar-refractivity contribution < 1.29 is 33.9 Å². The average molecular weight is 473 g/mol. The van der Waals surface area contributed by atoms with E-state index in [0.717, 1.165) is 10.6 Å². The van der Waals surface area contributed by atoms with Gasteiger partial charge in [-0.1, -0.05) is 0 Å². The zero-order valence-corrected chi connectivity index (χ0v) is 18.5. The minimum Gasteiger partial charge on any atom is -0.389 e. The molecule has 10 heteroatoms. The van der Waals surface area contributed by atoms with Crippen LogP contribution in [0.4, 0.5) is 8.78 Å². The van der Waals surface area contributed by atoms with Crippen molar-refractivity contribution >= 4 is 11.3 Å². The number of rotatable bonds is 10. The lowest BCUT2D eigenvalue weighted by Gasteiger charge is -2.23. The zero-order valence-electron chi connectivity index (χ0n) is 17.7. The Morgan fingerprint density at radius 2 is 1.72 bits per heavy atom. The minimum atomic E-state index is -1.38. The van der Waals surface area contributed by atoms with Gasteiger partial charge >= 0.3 is 0 Å². The fourth-order valence-electron chi connectivity index (χ4n) is 3.63. The van der Waals surface area contributed by atoms with Crippen molar-refractivity contribution in [1.82, 2.24) is 9.88 Å². The first-order valence-electron chi connectivity index (χ1n) is 10.7. The van der Waals surface area contributed by atoms with E-state index in [4.69, 9.17) is 4.74 Å². The monoisotopic (exact) mass is 472 g/mol. The molecule has 1 aliphatic heterocycles. The molecule has 3 rings (SSSR count). The number of halogens is 2. The Hall–Kier alpha value is -1.53. The first kappa shape index (κ1) is 25.1. The highest BCUT2D eigenvalue weighted by molar-refractivity contribution is 7.13. The average Bonchev–Trinajstić information content (AvgIpc) is 3.21. The second kappa shape index (κ2) is 12.1. The maximum atomic E-state index is 14.1. The molecule has 1 aromatic carbocycles. The van der Waals surface area contributed by atoms with Gasteiger partial charge in [0.1, 0.15) is 29.2 Å². The third-order valence-electron chi connectivity index (χ3n) is 5.46. The van der Waals surface area contributed by atoms with Gasteiger partial charge in [-0.15, -0.1) is 11.3 Å². The summed E-state index contributed by atoms with van der Waals surface area (Å²) in [4.78, 5) is 6.19. The Morgan fingerprint density at radius 1 is 1.06 bits per heavy atom. The second-order valence-corrected chi connectivity index (χ2v) is 8.99. The molecule has 0 bridgehead atoms. The summed E-state index contributed by atoms with van der Waals surface area (Å²) in [6, 6.07) is 6.08. The molecule has 5 atom stereocenters. The molecular formula is C22H30F2N2O5S. The van der Waals surface area contributed by atoms with E-state index in [2.05, 4.69) is 4.98 Å². The van der Waals surface area contributed by atoms with Crippen molar-refractivity contribution in [3.63, 3.8) is 0 Å². The van der Waals surface area contributed by atoms with Gasteiger partial charge < -0.3 is 25.2 Å². The molecule has 4 N–H and O–H groups in total. The van der Waals surface area contributed by atoms with Gasteiger partial charge in [-0.05, 0) is 50.1 Å². The van der Waals surface area contributed by atoms with Crippen LogP contribution in [0.5, 0.6) is 0 Å². The number of aromatic nitrogens is 1. The maximum Gasteiger partial charge on any atom is 0.123 e. The third kappa shape index (κ3) is 7.24. The van der Waals surface area contributed by atoms with E-state index in [9.17, 15) is 29.2 Å². The standard InChI is InChI=1S/C22H30F2N2O5S/c23-15-6-4-14(5-7-15)22-25-17(13-32-22)12-31-11-16(24)3-1-2-8-26-9-18(27)20(29)21(30)19(28)10-26/h4-7,13,16,18-21,27-30H,1-3,8-12H2/t16-,18-,19-,20+,21+/m0/s1. The number of likely N-dealkylation sites (tertiary alicyclic amines) is 1. The molecule has 0 unspecified atom stereocenters. The number of benzene rings is 1. The van der Waals surface area contributed by atoms with Gasteiger partial charge in [-0.25, -0.2) is 13.8 Å². The quantitative estimate of drug-likeness (QED) is 0.390. The largest absolute Gasteiger partial charge is 0.389 e. The van der Waals surface area contributed by atoms with E-state index in [1.165, 1.54) is 23.5 Å². The molecule has 1 aromatic heterocycles. The summed E-state index contributed by atoms with van der Waals surface area (Å²) in [6.45, 7) is 0.970. The summed E-state index contributed by atoms with van der Waals surface area (Å²) in [5, 5.41) is 41.8. The molecule has 0 amide bonds. The van der Waals surface area contributed by atoms with Crippen LogP contribution in [-0.2, 0) is 11.3 Å². The van der Waals surface area contributed by atoms with Crippen LogP contribution >= 0.6 is 11.3 Å². The van der Waals surface area contributed by atoms with Gasteiger partial charge in [0.05, 0.1) is 31.1 Å². The van der Waals surface area contributed by atoms with Crippen molar-refractivity contribution in [3.05, 3.63) is 41.2 Å². The predicted molar refractivity (Wildman–Crippen MR) is 116 cm³/mol. The summed E-state index contributed by atoms with van der Waals surface area (Å²) < 4.78 is 32.6. The lowest BCUT2D eigenvalue weighted by molar-refractivity contribution is -0.0894. The maximum absolute atomic E-state index is 14.1. The molecule has 2 heterocycles. The van der Waals surface area contributed by atoms with Crippen LogP contribution < -0.4 is 0 Å². The van der Waals surface area contributed by atoms with Crippen LogP contribution in [0, 0.1) is 5.82 Å². The van der Waals surface area contributed by atoms with Crippen molar-refractivity contribution in [3.8, 4) is 10.6 Å². The zero-order chi connectivity index (χ0) is 23.1. The van der Waals surface area contributed by atoms with E-state index in [1.807, 2.05) is 5.38 Å². The highest BCUT2D eigenvalue weighted by Crippen LogP contribution is 2.24. The van der Waals surface area contributed by atoms with E-state index >= 15 is 0 Å². The number of hydrogen-bond acceptors (Lipinski definition) is 8. The van der Waals surface area contributed by atoms with Crippen LogP contribution in [0.3, 0.4) is 0 Å². The lowest BCUT2D eigenvalue weighted by Crippen LogP contribution is -2.43. The number of aliphatic hydroxyl groups excluding tert-OH is 4. The van der Waals surface area contributed by atoms with Crippen LogP contribution in [0.15, 0.2) is 29.6 Å². The smallest absolute Gasteiger partial charge is 0.123 e. The Kier molecular flexibility index (Phi) is 9.47. The molecule has 0 spiro atoms. The summed E-state index contributed by atoms with van der Waals surface area (Å²) in [6.07, 6.45) is -4.59. The highest BCUT2D eigenvalue weighted by Gasteiger charge is 2.35. The van der Waals surface area contributed by atoms with Gasteiger partial charge in [0.15, 0.2) is 0 Å². The molecule has 7 nitrogen and oxygen atoms in total. The van der Waals surface area contributed by atoms with Crippen molar-refractivity contribution in [1.29, 1.82) is 0 Å². The van der Waals surface area contributed by atoms with E-state index in [1.54, 1.807) is 17.0 Å². The first-order valence-corrected chi connectivity index (χ1v) is 11.6. The molecule has 32 heavy (non-hydrogen) atoms. The van der Waals surface area contributed by atoms with Crippen LogP contribution in [0.2, 0.25) is 0 Å². The van der Waals surface area contributed by atoms with Gasteiger partial charge in [0.2, 0.25) is 0 Å². The second-order valence-electron chi connectivity index (χ2n) is 8.13. The van der Waals surface area contributed by atoms with Crippen molar-refractivity contribution in [2.24, 2.45) is 0 Å². The number of thiazole rings is 1. The molecule has 178 valence electrons. The number of β-amino-alcohol motifs (C(OH)–C–C–N with tert-alkyl or cyclic N) is 2. The number of nitrogens with zero attached hydrogens (tertiary/aromatic N) is 2. The normalized spacial score (nSPS) is 25.6. The number of unbranched alkanes of at least 4 members (excludes halogenated alkanes) is 1. The van der Waals surface area contributed by atoms with E-state index < -0.39 is 30.6 Å². The van der Waals surface area contributed by atoms with Crippen LogP contribution in [-0.4, -0.2) is 87.1 Å². The van der Waals surface area contributed by atoms with Gasteiger partial charge in [0.25, 0.3) is 0 Å². The van der Waals surface area contributed by atoms with E-state index in [-0.39, 0.29) is 32.1 Å². The molecule has 0 saturated carbocycles. The summed E-state index contributed by atoms with van der Waals surface area (Å²) >= 11 is 1.42. The highest BCUT2D eigenvalue weighted by atomic mass is 32.1. The lowest BCUT2D eigenvalue weighted by atomic mass is 10.1. The SMILES string of the molecule is O[C@H]1[C@H](O)[C@@H](O)CN(CCCC[C@H](F)COCc2csc(-c3ccc(F)cc3)n2)C[C@@H]1O. The van der Waals surface area contributed by atoms with Crippen LogP contribution in [0.25, 0.3) is 10.6 Å². The molecular weight excluding hydrogens is 442 g/mol. The third-order valence-corrected chi connectivity index (χ3v) is 6.40. The molecule has 1 saturated heterocycles. The summed E-state index contributed by atoms with van der Waals surface area (Å²) in [5.41, 5.74) is 1.52. The van der Waals surface area contributed by atoms with Crippen molar-refractivity contribution in [2.45, 2.75) is 56.5 Å². The molecule has 2 aromatic rings. The number of ether oxygens (including phenoxy) is 1. The van der Waals surface area contributed by atoms with Crippen LogP contribution in [0.1, 0.15) is 25.0 Å². The number of alkyl halides is 1. The van der Waals surface area contributed by atoms with Gasteiger partial charge in [-0.3, -0.25) is 4.90 Å². The fourth-order valence-corrected chi connectivity index (χ4v) is 4.44. The van der Waals surface area contributed by atoms with E-state index in [0.29, 0.717) is 31.5 Å². The molecule has 0 aliphatic carbocycles. The minimum absolute atomic E-state index is 0.0388. The topological polar surface area (TPSA) is 106 Å². The molecule has 1 fully saturated rings. The molecule has 0 radical (unpaired) electrons. The van der Waals surface area contributed by atoms with Gasteiger partial charge in [-0.2, -0.15) is 0 Å². The summed E-state index contributed by atoms with van der Waals surface area (Å²) in [5.74, 6) is -0.304. The Bertz CT molecular complexity index is 809. The number of hydrogen-bond donors (Lipinski definition) is 4. The van der Waals surface area contributed by atoms with Gasteiger partial charge in [0, 0.05) is 24.0 Å². The summed E-state index contributed by atoms with van der Waals surface area (Å²) in [7, 11) is 0. The Labute approximate surface area is 189 Å². The predicted octanol–water partition coefficient (Wildman–Crippen LogP) is 1.73. The first-order chi connectivity index (χ1) is 15.3. The molecule has 1 aliphatic rings. The number of aliphatic hydroxyl groups is 4.